The number of carbonyl (C=O) groups excluding carboxylic acids is 1. The van der Waals surface area contributed by atoms with Crippen LogP contribution in [0, 0.1) is 0 Å². The van der Waals surface area contributed by atoms with Crippen molar-refractivity contribution in [1.82, 2.24) is 4.98 Å². The fourth-order valence-electron chi connectivity index (χ4n) is 3.43. The van der Waals surface area contributed by atoms with Crippen molar-refractivity contribution in [2.24, 2.45) is 0 Å². The molecule has 1 aromatic carbocycles. The number of hydrogen-bond acceptors (Lipinski definition) is 5. The Morgan fingerprint density at radius 2 is 1.96 bits per heavy atom. The van der Waals surface area contributed by atoms with Gasteiger partial charge in [-0.1, -0.05) is 23.2 Å². The van der Waals surface area contributed by atoms with Crippen LogP contribution in [0.2, 0.25) is 10.0 Å². The van der Waals surface area contributed by atoms with E-state index < -0.39 is 0 Å². The fourth-order valence-corrected chi connectivity index (χ4v) is 3.73. The van der Waals surface area contributed by atoms with E-state index in [0.29, 0.717) is 35.6 Å². The highest BCUT2D eigenvalue weighted by Gasteiger charge is 2.23. The summed E-state index contributed by atoms with van der Waals surface area (Å²) in [7, 11) is 0. The molecule has 2 aliphatic heterocycles. The van der Waals surface area contributed by atoms with Crippen molar-refractivity contribution in [2.75, 3.05) is 41.4 Å². The maximum Gasteiger partial charge on any atom is 0.222 e. The van der Waals surface area contributed by atoms with Crippen LogP contribution >= 0.6 is 23.2 Å². The topological polar surface area (TPSA) is 57.7 Å². The molecule has 2 aromatic rings. The number of carbonyl (C=O) groups is 1. The lowest BCUT2D eigenvalue weighted by atomic mass is 10.1. The summed E-state index contributed by atoms with van der Waals surface area (Å²) >= 11 is 12.3. The molecule has 1 amide bonds. The molecule has 3 heterocycles. The number of amides is 1. The number of halogens is 2. The van der Waals surface area contributed by atoms with Crippen molar-refractivity contribution in [1.29, 1.82) is 0 Å². The molecule has 6 nitrogen and oxygen atoms in total. The van der Waals surface area contributed by atoms with Gasteiger partial charge >= 0.3 is 0 Å². The van der Waals surface area contributed by atoms with Gasteiger partial charge in [0.05, 0.1) is 35.5 Å². The maximum absolute atomic E-state index is 11.5. The van der Waals surface area contributed by atoms with Crippen LogP contribution in [0.5, 0.6) is 0 Å². The van der Waals surface area contributed by atoms with Gasteiger partial charge in [-0.05, 0) is 24.3 Å². The number of nitrogens with one attached hydrogen (secondary N) is 1. The Kier molecular flexibility index (Phi) is 5.44. The molecule has 146 valence electrons. The summed E-state index contributed by atoms with van der Waals surface area (Å²) in [5.41, 5.74) is 3.97. The van der Waals surface area contributed by atoms with Crippen molar-refractivity contribution in [3.8, 4) is 0 Å². The zero-order chi connectivity index (χ0) is 19.7. The summed E-state index contributed by atoms with van der Waals surface area (Å²) in [5, 5.41) is 3.85. The minimum absolute atomic E-state index is 0.141. The van der Waals surface area contributed by atoms with Crippen LogP contribution in [0.4, 0.5) is 17.2 Å². The molecule has 8 heteroatoms. The third kappa shape index (κ3) is 3.94. The Morgan fingerprint density at radius 1 is 1.18 bits per heavy atom. The molecule has 2 aliphatic rings. The van der Waals surface area contributed by atoms with Crippen molar-refractivity contribution < 1.29 is 9.53 Å². The summed E-state index contributed by atoms with van der Waals surface area (Å²) in [6, 6.07) is 7.53. The summed E-state index contributed by atoms with van der Waals surface area (Å²) < 4.78 is 5.50. The van der Waals surface area contributed by atoms with Crippen LogP contribution in [-0.4, -0.2) is 37.2 Å². The molecule has 0 spiro atoms. The first-order valence-electron chi connectivity index (χ1n) is 9.05. The molecule has 1 saturated heterocycles. The van der Waals surface area contributed by atoms with E-state index in [2.05, 4.69) is 20.1 Å². The van der Waals surface area contributed by atoms with Gasteiger partial charge in [0, 0.05) is 49.2 Å². The van der Waals surface area contributed by atoms with Gasteiger partial charge in [-0.3, -0.25) is 4.79 Å². The SMILES string of the molecule is CC(=O)Nc1cc(N2CCOCC2)c2c(n1)C=CN(c1ccc(Cl)c(Cl)c1)C2. The van der Waals surface area contributed by atoms with E-state index in [4.69, 9.17) is 27.9 Å². The maximum atomic E-state index is 11.5. The van der Waals surface area contributed by atoms with E-state index in [-0.39, 0.29) is 5.91 Å². The van der Waals surface area contributed by atoms with E-state index in [0.717, 1.165) is 35.7 Å². The first-order valence-corrected chi connectivity index (χ1v) is 9.81. The predicted octanol–water partition coefficient (Wildman–Crippen LogP) is 4.17. The Bertz CT molecular complexity index is 942. The van der Waals surface area contributed by atoms with Crippen molar-refractivity contribution in [3.63, 3.8) is 0 Å². The third-order valence-electron chi connectivity index (χ3n) is 4.76. The minimum atomic E-state index is -0.141. The quantitative estimate of drug-likeness (QED) is 0.809. The average molecular weight is 419 g/mol. The lowest BCUT2D eigenvalue weighted by Gasteiger charge is -2.34. The number of fused-ring (bicyclic) bond motifs is 1. The van der Waals surface area contributed by atoms with Crippen molar-refractivity contribution >= 4 is 52.4 Å². The minimum Gasteiger partial charge on any atom is -0.378 e. The first kappa shape index (κ1) is 19.1. The van der Waals surface area contributed by atoms with Gasteiger partial charge in [-0.15, -0.1) is 0 Å². The van der Waals surface area contributed by atoms with Gasteiger partial charge in [0.15, 0.2) is 0 Å². The van der Waals surface area contributed by atoms with Crippen LogP contribution < -0.4 is 15.1 Å². The number of ether oxygens (including phenoxy) is 1. The molecule has 0 aliphatic carbocycles. The lowest BCUT2D eigenvalue weighted by Crippen LogP contribution is -2.37. The van der Waals surface area contributed by atoms with E-state index in [1.807, 2.05) is 30.5 Å². The van der Waals surface area contributed by atoms with Crippen LogP contribution in [0.25, 0.3) is 6.08 Å². The van der Waals surface area contributed by atoms with Gasteiger partial charge in [0.25, 0.3) is 0 Å². The molecule has 0 unspecified atom stereocenters. The number of benzene rings is 1. The van der Waals surface area contributed by atoms with Gasteiger partial charge in [-0.2, -0.15) is 0 Å². The van der Waals surface area contributed by atoms with Crippen LogP contribution in [0.15, 0.2) is 30.5 Å². The third-order valence-corrected chi connectivity index (χ3v) is 5.50. The van der Waals surface area contributed by atoms with Crippen LogP contribution in [-0.2, 0) is 16.1 Å². The molecule has 28 heavy (non-hydrogen) atoms. The number of hydrogen-bond donors (Lipinski definition) is 1. The smallest absolute Gasteiger partial charge is 0.222 e. The lowest BCUT2D eigenvalue weighted by molar-refractivity contribution is -0.114. The normalized spacial score (nSPS) is 16.1. The van der Waals surface area contributed by atoms with Gasteiger partial charge in [-0.25, -0.2) is 4.98 Å². The second kappa shape index (κ2) is 7.99. The second-order valence-corrected chi connectivity index (χ2v) is 7.53. The van der Waals surface area contributed by atoms with E-state index in [1.54, 1.807) is 6.07 Å². The number of aromatic nitrogens is 1. The summed E-state index contributed by atoms with van der Waals surface area (Å²) in [6.45, 7) is 5.08. The first-order chi connectivity index (χ1) is 13.5. The zero-order valence-corrected chi connectivity index (χ0v) is 16.9. The highest BCUT2D eigenvalue weighted by Crippen LogP contribution is 2.35. The van der Waals surface area contributed by atoms with Crippen LogP contribution in [0.1, 0.15) is 18.2 Å². The number of nitrogens with zero attached hydrogens (tertiary/aromatic N) is 3. The van der Waals surface area contributed by atoms with Crippen molar-refractivity contribution in [3.05, 3.63) is 51.8 Å². The zero-order valence-electron chi connectivity index (χ0n) is 15.4. The van der Waals surface area contributed by atoms with E-state index in [1.165, 1.54) is 6.92 Å². The van der Waals surface area contributed by atoms with E-state index in [9.17, 15) is 4.79 Å². The second-order valence-electron chi connectivity index (χ2n) is 6.71. The molecule has 4 rings (SSSR count). The molecule has 0 atom stereocenters. The van der Waals surface area contributed by atoms with Crippen molar-refractivity contribution in [2.45, 2.75) is 13.5 Å². The molecule has 1 N–H and O–H groups in total. The summed E-state index contributed by atoms with van der Waals surface area (Å²) in [4.78, 5) is 20.5. The van der Waals surface area contributed by atoms with E-state index >= 15 is 0 Å². The largest absolute Gasteiger partial charge is 0.378 e. The average Bonchev–Trinajstić information content (AvgIpc) is 2.69. The molecule has 1 fully saturated rings. The summed E-state index contributed by atoms with van der Waals surface area (Å²) in [6.07, 6.45) is 3.92. The standard InChI is InChI=1S/C20H20Cl2N4O2/c1-13(27)23-20-11-19(25-6-8-28-9-7-25)15-12-26(5-4-18(15)24-20)14-2-3-16(21)17(22)10-14/h2-5,10-11H,6-9,12H2,1H3,(H,23,24,27). The number of rotatable bonds is 3. The highest BCUT2D eigenvalue weighted by molar-refractivity contribution is 6.42. The predicted molar refractivity (Wildman–Crippen MR) is 113 cm³/mol. The highest BCUT2D eigenvalue weighted by atomic mass is 35.5. The molecular formula is C20H20Cl2N4O2. The van der Waals surface area contributed by atoms with Gasteiger partial charge in [0.1, 0.15) is 5.82 Å². The molecule has 0 bridgehead atoms. The number of anilines is 3. The number of pyridine rings is 1. The van der Waals surface area contributed by atoms with Gasteiger partial charge < -0.3 is 19.9 Å². The summed E-state index contributed by atoms with van der Waals surface area (Å²) in [5.74, 6) is 0.415. The van der Waals surface area contributed by atoms with Crippen LogP contribution in [0.3, 0.4) is 0 Å². The fraction of sp³-hybridized carbons (Fsp3) is 0.300. The number of morpholine rings is 1. The Morgan fingerprint density at radius 3 is 2.68 bits per heavy atom. The van der Waals surface area contributed by atoms with Gasteiger partial charge in [0.2, 0.25) is 5.91 Å². The molecule has 0 saturated carbocycles. The molecular weight excluding hydrogens is 399 g/mol. The Hall–Kier alpha value is -2.28. The molecule has 1 aromatic heterocycles. The Labute approximate surface area is 173 Å². The monoisotopic (exact) mass is 418 g/mol. The molecule has 0 radical (unpaired) electrons. The Balaban J connectivity index is 1.72.